The number of hydrogen-bond acceptors (Lipinski definition) is 6. The van der Waals surface area contributed by atoms with Crippen LogP contribution in [0, 0.1) is 0 Å². The van der Waals surface area contributed by atoms with Gasteiger partial charge in [-0.1, -0.05) is 48.0 Å². The molecule has 1 aliphatic heterocycles. The topological polar surface area (TPSA) is 79.3 Å². The summed E-state index contributed by atoms with van der Waals surface area (Å²) in [5, 5.41) is 11.1. The predicted octanol–water partition coefficient (Wildman–Crippen LogP) is 4.23. The van der Waals surface area contributed by atoms with E-state index in [1.54, 1.807) is 49.6 Å². The molecule has 1 heterocycles. The fraction of sp³-hybridized carbons (Fsp3) is 0.360. The van der Waals surface area contributed by atoms with Gasteiger partial charge in [-0.2, -0.15) is 0 Å². The zero-order valence-electron chi connectivity index (χ0n) is 19.3. The van der Waals surface area contributed by atoms with Crippen LogP contribution in [0.3, 0.4) is 0 Å². The van der Waals surface area contributed by atoms with Crippen LogP contribution in [0.25, 0.3) is 5.76 Å². The predicted molar refractivity (Wildman–Crippen MR) is 130 cm³/mol. The minimum atomic E-state index is -0.746. The first-order valence-corrected chi connectivity index (χ1v) is 11.6. The smallest absolute Gasteiger partial charge is 0.295 e. The molecule has 176 valence electrons. The van der Waals surface area contributed by atoms with Gasteiger partial charge in [-0.3, -0.25) is 9.59 Å². The number of aliphatic hydroxyl groups excluding tert-OH is 1. The zero-order valence-corrected chi connectivity index (χ0v) is 20.9. The van der Waals surface area contributed by atoms with Crippen molar-refractivity contribution in [2.45, 2.75) is 19.9 Å². The lowest BCUT2D eigenvalue weighted by Crippen LogP contribution is -2.38. The van der Waals surface area contributed by atoms with Gasteiger partial charge in [0.1, 0.15) is 5.76 Å². The van der Waals surface area contributed by atoms with E-state index in [0.717, 1.165) is 17.6 Å². The van der Waals surface area contributed by atoms with Crippen LogP contribution in [-0.2, 0) is 9.59 Å². The van der Waals surface area contributed by atoms with Crippen LogP contribution in [-0.4, -0.2) is 67.0 Å². The number of hydrogen-bond donors (Lipinski definition) is 1. The number of methoxy groups -OCH3 is 2. The highest BCUT2D eigenvalue weighted by molar-refractivity contribution is 9.10. The van der Waals surface area contributed by atoms with E-state index in [4.69, 9.17) is 9.47 Å². The zero-order chi connectivity index (χ0) is 24.1. The van der Waals surface area contributed by atoms with Crippen LogP contribution < -0.4 is 9.47 Å². The number of benzene rings is 2. The maximum Gasteiger partial charge on any atom is 0.295 e. The Kier molecular flexibility index (Phi) is 8.15. The summed E-state index contributed by atoms with van der Waals surface area (Å²) in [6, 6.07) is 11.5. The van der Waals surface area contributed by atoms with E-state index in [2.05, 4.69) is 34.7 Å². The molecule has 0 spiro atoms. The Labute approximate surface area is 202 Å². The van der Waals surface area contributed by atoms with Gasteiger partial charge in [0, 0.05) is 23.1 Å². The number of halogens is 1. The van der Waals surface area contributed by atoms with Crippen molar-refractivity contribution in [1.29, 1.82) is 0 Å². The Morgan fingerprint density at radius 3 is 2.24 bits per heavy atom. The van der Waals surface area contributed by atoms with Gasteiger partial charge in [0.15, 0.2) is 11.5 Å². The quantitative estimate of drug-likeness (QED) is 0.305. The van der Waals surface area contributed by atoms with E-state index >= 15 is 0 Å². The number of aliphatic hydroxyl groups is 1. The first-order chi connectivity index (χ1) is 15.9. The number of rotatable bonds is 9. The Morgan fingerprint density at radius 1 is 1.03 bits per heavy atom. The Bertz CT molecular complexity index is 1050. The third kappa shape index (κ3) is 5.07. The van der Waals surface area contributed by atoms with Crippen molar-refractivity contribution >= 4 is 33.4 Å². The van der Waals surface area contributed by atoms with Crippen LogP contribution >= 0.6 is 15.9 Å². The molecule has 1 fully saturated rings. The molecule has 8 heteroatoms. The Morgan fingerprint density at radius 2 is 1.67 bits per heavy atom. The standard InChI is InChI=1S/C25H29BrN2O5/c1-5-27(6-2)13-14-28-22(17-9-12-19(32-3)20(15-17)33-4)21(24(30)25(28)31)23(29)16-7-10-18(26)11-8-16/h7-12,15,22,29H,5-6,13-14H2,1-4H3/b23-21-. The summed E-state index contributed by atoms with van der Waals surface area (Å²) >= 11 is 3.38. The van der Waals surface area contributed by atoms with E-state index in [-0.39, 0.29) is 11.3 Å². The lowest BCUT2D eigenvalue weighted by atomic mass is 9.95. The van der Waals surface area contributed by atoms with Gasteiger partial charge in [-0.15, -0.1) is 0 Å². The van der Waals surface area contributed by atoms with Crippen LogP contribution in [0.2, 0.25) is 0 Å². The summed E-state index contributed by atoms with van der Waals surface area (Å²) in [5.74, 6) is -0.511. The molecule has 3 rings (SSSR count). The van der Waals surface area contributed by atoms with Crippen molar-refractivity contribution in [3.05, 3.63) is 63.6 Å². The number of carbonyl (C=O) groups is 2. The molecule has 2 aromatic carbocycles. The van der Waals surface area contributed by atoms with Gasteiger partial charge in [0.2, 0.25) is 0 Å². The number of nitrogens with zero attached hydrogens (tertiary/aromatic N) is 2. The highest BCUT2D eigenvalue weighted by Crippen LogP contribution is 2.41. The molecular weight excluding hydrogens is 488 g/mol. The Balaban J connectivity index is 2.14. The minimum absolute atomic E-state index is 0.0640. The summed E-state index contributed by atoms with van der Waals surface area (Å²) in [7, 11) is 3.07. The summed E-state index contributed by atoms with van der Waals surface area (Å²) in [6.07, 6.45) is 0. The molecule has 1 amide bonds. The van der Waals surface area contributed by atoms with Gasteiger partial charge in [0.25, 0.3) is 11.7 Å². The first kappa shape index (κ1) is 24.8. The highest BCUT2D eigenvalue weighted by Gasteiger charge is 2.46. The van der Waals surface area contributed by atoms with Crippen LogP contribution in [0.5, 0.6) is 11.5 Å². The van der Waals surface area contributed by atoms with E-state index < -0.39 is 17.7 Å². The monoisotopic (exact) mass is 516 g/mol. The van der Waals surface area contributed by atoms with Crippen LogP contribution in [0.4, 0.5) is 0 Å². The molecule has 2 aromatic rings. The fourth-order valence-electron chi connectivity index (χ4n) is 4.03. The molecule has 1 unspecified atom stereocenters. The van der Waals surface area contributed by atoms with Crippen molar-refractivity contribution in [3.8, 4) is 11.5 Å². The molecular formula is C25H29BrN2O5. The number of carbonyl (C=O) groups excluding carboxylic acids is 2. The van der Waals surface area contributed by atoms with Crippen molar-refractivity contribution in [2.75, 3.05) is 40.4 Å². The molecule has 1 atom stereocenters. The number of Topliss-reactive ketones (excluding diaryl/α,β-unsaturated/α-hetero) is 1. The van der Waals surface area contributed by atoms with E-state index in [0.29, 0.717) is 35.7 Å². The summed E-state index contributed by atoms with van der Waals surface area (Å²) in [6.45, 7) is 6.74. The third-order valence-electron chi connectivity index (χ3n) is 5.93. The minimum Gasteiger partial charge on any atom is -0.507 e. The average molecular weight is 517 g/mol. The van der Waals surface area contributed by atoms with Crippen molar-refractivity contribution in [1.82, 2.24) is 9.80 Å². The van der Waals surface area contributed by atoms with Gasteiger partial charge < -0.3 is 24.4 Å². The van der Waals surface area contributed by atoms with E-state index in [1.807, 2.05) is 0 Å². The largest absolute Gasteiger partial charge is 0.507 e. The molecule has 33 heavy (non-hydrogen) atoms. The maximum atomic E-state index is 13.2. The molecule has 1 N–H and O–H groups in total. The van der Waals surface area contributed by atoms with E-state index in [1.165, 1.54) is 12.0 Å². The normalized spacial score (nSPS) is 17.6. The molecule has 1 aliphatic rings. The number of amides is 1. The van der Waals surface area contributed by atoms with Crippen molar-refractivity contribution in [2.24, 2.45) is 0 Å². The second kappa shape index (κ2) is 10.9. The van der Waals surface area contributed by atoms with Crippen molar-refractivity contribution < 1.29 is 24.2 Å². The molecule has 0 saturated carbocycles. The molecule has 0 radical (unpaired) electrons. The SMILES string of the molecule is CCN(CC)CCN1C(=O)C(=O)/C(=C(\O)c2ccc(Br)cc2)C1c1ccc(OC)c(OC)c1. The van der Waals surface area contributed by atoms with Gasteiger partial charge >= 0.3 is 0 Å². The van der Waals surface area contributed by atoms with E-state index in [9.17, 15) is 14.7 Å². The molecule has 7 nitrogen and oxygen atoms in total. The second-order valence-electron chi connectivity index (χ2n) is 7.64. The fourth-order valence-corrected chi connectivity index (χ4v) is 4.30. The van der Waals surface area contributed by atoms with Gasteiger partial charge in [-0.25, -0.2) is 0 Å². The molecule has 0 aliphatic carbocycles. The Hall–Kier alpha value is -2.84. The number of likely N-dealkylation sites (tertiary alicyclic amines) is 1. The molecule has 0 bridgehead atoms. The van der Waals surface area contributed by atoms with Gasteiger partial charge in [-0.05, 0) is 42.9 Å². The third-order valence-corrected chi connectivity index (χ3v) is 6.46. The average Bonchev–Trinajstić information content (AvgIpc) is 3.09. The maximum absolute atomic E-state index is 13.2. The lowest BCUT2D eigenvalue weighted by molar-refractivity contribution is -0.140. The number of ether oxygens (including phenoxy) is 2. The van der Waals surface area contributed by atoms with Gasteiger partial charge in [0.05, 0.1) is 25.8 Å². The summed E-state index contributed by atoms with van der Waals surface area (Å²) in [5.41, 5.74) is 1.18. The van der Waals surface area contributed by atoms with Crippen LogP contribution in [0.15, 0.2) is 52.5 Å². The number of ketones is 1. The summed E-state index contributed by atoms with van der Waals surface area (Å²) in [4.78, 5) is 30.0. The highest BCUT2D eigenvalue weighted by atomic mass is 79.9. The molecule has 1 saturated heterocycles. The summed E-state index contributed by atoms with van der Waals surface area (Å²) < 4.78 is 11.6. The molecule has 0 aromatic heterocycles. The lowest BCUT2D eigenvalue weighted by Gasteiger charge is -2.28. The van der Waals surface area contributed by atoms with Crippen LogP contribution in [0.1, 0.15) is 31.0 Å². The van der Waals surface area contributed by atoms with Crippen molar-refractivity contribution in [3.63, 3.8) is 0 Å². The number of likely N-dealkylation sites (N-methyl/N-ethyl adjacent to an activating group) is 1. The first-order valence-electron chi connectivity index (χ1n) is 10.8. The second-order valence-corrected chi connectivity index (χ2v) is 8.56.